The Hall–Kier alpha value is -2.40. The lowest BCUT2D eigenvalue weighted by Crippen LogP contribution is -2.30. The number of ether oxygens (including phenoxy) is 5. The first-order valence-corrected chi connectivity index (χ1v) is 9.11. The van der Waals surface area contributed by atoms with Gasteiger partial charge in [0.15, 0.2) is 0 Å². The van der Waals surface area contributed by atoms with Gasteiger partial charge in [0.1, 0.15) is 11.9 Å². The fourth-order valence-electron chi connectivity index (χ4n) is 1.81. The van der Waals surface area contributed by atoms with E-state index >= 15 is 0 Å². The van der Waals surface area contributed by atoms with Gasteiger partial charge in [-0.15, -0.1) is 0 Å². The average molecular weight is 416 g/mol. The number of ketones is 1. The Kier molecular flexibility index (Phi) is 18.7. The van der Waals surface area contributed by atoms with Gasteiger partial charge in [0.2, 0.25) is 0 Å². The molecule has 0 spiro atoms. The van der Waals surface area contributed by atoms with Crippen molar-refractivity contribution in [1.29, 1.82) is 0 Å². The minimum atomic E-state index is -0.638. The molecule has 0 aromatic heterocycles. The summed E-state index contributed by atoms with van der Waals surface area (Å²) in [5, 5.41) is 6.67. The smallest absolute Gasteiger partial charge is 0.306 e. The molecule has 0 aliphatic carbocycles. The van der Waals surface area contributed by atoms with Gasteiger partial charge in [-0.05, 0) is 18.0 Å². The molecule has 13 nitrogen and oxygen atoms in total. The fraction of sp³-hybridized carbons (Fsp3) is 0.875. The molecule has 0 aliphatic rings. The Labute approximate surface area is 168 Å². The molecule has 0 saturated carbocycles. The van der Waals surface area contributed by atoms with Crippen LogP contribution < -0.4 is 0 Å². The summed E-state index contributed by atoms with van der Waals surface area (Å²) in [6.07, 6.45) is -0.525. The highest BCUT2D eigenvalue weighted by Crippen LogP contribution is 2.02. The molecule has 0 N–H and O–H groups in total. The number of esters is 1. The number of hydrogen-bond acceptors (Lipinski definition) is 9. The maximum absolute atomic E-state index is 11.8. The van der Waals surface area contributed by atoms with Gasteiger partial charge >= 0.3 is 5.97 Å². The highest BCUT2D eigenvalue weighted by Gasteiger charge is 2.16. The van der Waals surface area contributed by atoms with Crippen LogP contribution in [0.1, 0.15) is 19.8 Å². The first-order valence-electron chi connectivity index (χ1n) is 9.11. The number of hydrogen-bond donors (Lipinski definition) is 0. The molecule has 0 aliphatic heterocycles. The Balaban J connectivity index is 4.07. The van der Waals surface area contributed by atoms with Gasteiger partial charge in [-0.2, -0.15) is 0 Å². The third kappa shape index (κ3) is 20.2. The molecule has 0 rings (SSSR count). The van der Waals surface area contributed by atoms with Crippen LogP contribution in [0.3, 0.4) is 0 Å². The minimum Gasteiger partial charge on any atom is -0.457 e. The van der Waals surface area contributed by atoms with E-state index in [1.165, 1.54) is 6.92 Å². The number of rotatable bonds is 20. The van der Waals surface area contributed by atoms with Crippen LogP contribution in [0.2, 0.25) is 0 Å². The van der Waals surface area contributed by atoms with Crippen molar-refractivity contribution in [2.24, 2.45) is 10.2 Å². The second-order valence-electron chi connectivity index (χ2n) is 5.60. The summed E-state index contributed by atoms with van der Waals surface area (Å²) in [4.78, 5) is 28.0. The summed E-state index contributed by atoms with van der Waals surface area (Å²) in [6.45, 7) is 3.79. The van der Waals surface area contributed by atoms with Crippen molar-refractivity contribution in [2.45, 2.75) is 25.9 Å². The van der Waals surface area contributed by atoms with E-state index in [2.05, 4.69) is 20.1 Å². The zero-order chi connectivity index (χ0) is 21.6. The predicted octanol–water partition coefficient (Wildman–Crippen LogP) is 1.95. The maximum Gasteiger partial charge on any atom is 0.306 e. The summed E-state index contributed by atoms with van der Waals surface area (Å²) >= 11 is 0. The molecule has 29 heavy (non-hydrogen) atoms. The summed E-state index contributed by atoms with van der Waals surface area (Å²) in [6, 6.07) is 0. The Morgan fingerprint density at radius 3 is 1.72 bits per heavy atom. The van der Waals surface area contributed by atoms with E-state index in [9.17, 15) is 9.59 Å². The van der Waals surface area contributed by atoms with Gasteiger partial charge in [0, 0.05) is 29.3 Å². The van der Waals surface area contributed by atoms with E-state index in [1.54, 1.807) is 0 Å². The van der Waals surface area contributed by atoms with Crippen molar-refractivity contribution < 1.29 is 33.3 Å². The zero-order valence-electron chi connectivity index (χ0n) is 16.6. The molecule has 0 unspecified atom stereocenters. The van der Waals surface area contributed by atoms with Gasteiger partial charge in [-0.25, -0.2) is 0 Å². The van der Waals surface area contributed by atoms with Crippen molar-refractivity contribution in [2.75, 3.05) is 65.9 Å². The van der Waals surface area contributed by atoms with E-state index < -0.39 is 12.1 Å². The third-order valence-electron chi connectivity index (χ3n) is 3.13. The molecule has 0 fully saturated rings. The Morgan fingerprint density at radius 1 is 0.793 bits per heavy atom. The summed E-state index contributed by atoms with van der Waals surface area (Å²) in [7, 11) is 0. The first-order chi connectivity index (χ1) is 14.1. The lowest BCUT2D eigenvalue weighted by molar-refractivity contribution is -0.157. The van der Waals surface area contributed by atoms with Gasteiger partial charge in [-0.1, -0.05) is 10.2 Å². The van der Waals surface area contributed by atoms with Crippen molar-refractivity contribution >= 4 is 11.8 Å². The van der Waals surface area contributed by atoms with Crippen LogP contribution in [0, 0.1) is 0 Å². The van der Waals surface area contributed by atoms with Gasteiger partial charge in [0.05, 0.1) is 59.3 Å². The molecule has 164 valence electrons. The van der Waals surface area contributed by atoms with Crippen LogP contribution in [-0.2, 0) is 33.3 Å². The second kappa shape index (κ2) is 20.3. The lowest BCUT2D eigenvalue weighted by atomic mass is 10.2. The summed E-state index contributed by atoms with van der Waals surface area (Å²) in [5.74, 6) is -0.601. The summed E-state index contributed by atoms with van der Waals surface area (Å²) in [5.41, 5.74) is 16.3. The zero-order valence-corrected chi connectivity index (χ0v) is 16.6. The third-order valence-corrected chi connectivity index (χ3v) is 3.13. The van der Waals surface area contributed by atoms with Crippen LogP contribution in [0.15, 0.2) is 10.2 Å². The van der Waals surface area contributed by atoms with Crippen LogP contribution in [0.4, 0.5) is 0 Å². The van der Waals surface area contributed by atoms with Crippen LogP contribution >= 0.6 is 0 Å². The van der Waals surface area contributed by atoms with E-state index in [4.69, 9.17) is 34.7 Å². The van der Waals surface area contributed by atoms with Gasteiger partial charge < -0.3 is 28.5 Å². The molecule has 0 amide bonds. The molecule has 0 bridgehead atoms. The lowest BCUT2D eigenvalue weighted by Gasteiger charge is -2.18. The van der Waals surface area contributed by atoms with Crippen molar-refractivity contribution in [3.63, 3.8) is 0 Å². The maximum atomic E-state index is 11.8. The fourth-order valence-corrected chi connectivity index (χ4v) is 1.81. The van der Waals surface area contributed by atoms with Crippen molar-refractivity contribution in [3.8, 4) is 0 Å². The molecule has 0 aromatic rings. The number of carbonyl (C=O) groups is 2. The molecular formula is C16H28N6O7. The number of Topliss-reactive ketones (excluding diaryl/α,β-unsaturated/α-hetero) is 1. The number of nitrogens with zero attached hydrogens (tertiary/aromatic N) is 6. The van der Waals surface area contributed by atoms with Gasteiger partial charge in [-0.3, -0.25) is 4.79 Å². The van der Waals surface area contributed by atoms with Crippen LogP contribution in [0.5, 0.6) is 0 Å². The molecule has 0 saturated heterocycles. The van der Waals surface area contributed by atoms with Gasteiger partial charge in [0.25, 0.3) is 0 Å². The van der Waals surface area contributed by atoms with E-state index in [1.807, 2.05) is 0 Å². The molecular weight excluding hydrogens is 388 g/mol. The Bertz CT molecular complexity index is 518. The molecule has 0 radical (unpaired) electrons. The van der Waals surface area contributed by atoms with E-state index in [-0.39, 0.29) is 58.1 Å². The summed E-state index contributed by atoms with van der Waals surface area (Å²) < 4.78 is 26.5. The highest BCUT2D eigenvalue weighted by molar-refractivity contribution is 5.81. The normalized spacial score (nSPS) is 11.2. The topological polar surface area (TPSA) is 178 Å². The molecule has 13 heteroatoms. The van der Waals surface area contributed by atoms with E-state index in [0.29, 0.717) is 26.4 Å². The second-order valence-corrected chi connectivity index (χ2v) is 5.60. The molecule has 0 aromatic carbocycles. The first kappa shape index (κ1) is 26.6. The Morgan fingerprint density at radius 2 is 1.28 bits per heavy atom. The van der Waals surface area contributed by atoms with Crippen LogP contribution in [0.25, 0.3) is 20.9 Å². The van der Waals surface area contributed by atoms with Crippen LogP contribution in [-0.4, -0.2) is 83.8 Å². The molecule has 0 heterocycles. The number of carbonyl (C=O) groups excluding carboxylic acids is 2. The van der Waals surface area contributed by atoms with Crippen molar-refractivity contribution in [3.05, 3.63) is 20.9 Å². The predicted molar refractivity (Wildman–Crippen MR) is 101 cm³/mol. The largest absolute Gasteiger partial charge is 0.457 e. The highest BCUT2D eigenvalue weighted by atomic mass is 16.6. The standard InChI is InChI=1S/C16H28N6O7/c1-14(23)2-3-16(24)29-15(12-27-10-8-25-6-4-19-21-17)13-28-11-9-26-7-5-20-22-18/h15H,2-13H2,1H3. The van der Waals surface area contributed by atoms with E-state index in [0.717, 1.165) is 0 Å². The quantitative estimate of drug-likeness (QED) is 0.0956. The minimum absolute atomic E-state index is 0.00310. The monoisotopic (exact) mass is 416 g/mol. The number of azide groups is 2. The molecule has 0 atom stereocenters. The van der Waals surface area contributed by atoms with Crippen molar-refractivity contribution in [1.82, 2.24) is 0 Å². The average Bonchev–Trinajstić information content (AvgIpc) is 2.70. The SMILES string of the molecule is CC(=O)CCC(=O)OC(COCCOCCN=[N+]=[N-])COCCOCCN=[N+]=[N-].